The first-order valence-electron chi connectivity index (χ1n) is 3.11. The van der Waals surface area contributed by atoms with Crippen LogP contribution >= 0.6 is 0 Å². The third-order valence-electron chi connectivity index (χ3n) is 1.51. The molecule has 9 heavy (non-hydrogen) atoms. The minimum atomic E-state index is -0.0915. The Balaban J connectivity index is 2.40. The number of hydrogen-bond donors (Lipinski definition) is 0. The van der Waals surface area contributed by atoms with Gasteiger partial charge in [0, 0.05) is 0 Å². The van der Waals surface area contributed by atoms with Crippen molar-refractivity contribution >= 4 is 5.97 Å². The summed E-state index contributed by atoms with van der Waals surface area (Å²) in [4.78, 5) is 10.6. The van der Waals surface area contributed by atoms with Gasteiger partial charge in [0.2, 0.25) is 0 Å². The van der Waals surface area contributed by atoms with Crippen molar-refractivity contribution in [3.05, 3.63) is 12.7 Å². The highest BCUT2D eigenvalue weighted by Gasteiger charge is 2.16. The second-order valence-corrected chi connectivity index (χ2v) is 2.21. The molecule has 2 nitrogen and oxygen atoms in total. The van der Waals surface area contributed by atoms with Gasteiger partial charge in [-0.05, 0) is 12.3 Å². The van der Waals surface area contributed by atoms with Crippen molar-refractivity contribution in [3.8, 4) is 0 Å². The van der Waals surface area contributed by atoms with Gasteiger partial charge < -0.3 is 4.74 Å². The van der Waals surface area contributed by atoms with Gasteiger partial charge in [0.05, 0.1) is 13.0 Å². The summed E-state index contributed by atoms with van der Waals surface area (Å²) in [5.74, 6) is 0.261. The summed E-state index contributed by atoms with van der Waals surface area (Å²) in [7, 11) is 0. The first-order chi connectivity index (χ1) is 4.33. The van der Waals surface area contributed by atoms with Gasteiger partial charge in [-0.2, -0.15) is 0 Å². The monoisotopic (exact) mass is 126 g/mol. The minimum Gasteiger partial charge on any atom is -0.466 e. The molecule has 1 fully saturated rings. The molecule has 0 spiro atoms. The van der Waals surface area contributed by atoms with E-state index in [0.717, 1.165) is 6.42 Å². The van der Waals surface area contributed by atoms with Crippen LogP contribution in [0, 0.1) is 5.92 Å². The van der Waals surface area contributed by atoms with Crippen LogP contribution in [0.4, 0.5) is 0 Å². The molecule has 0 amide bonds. The lowest BCUT2D eigenvalue weighted by Gasteiger charge is -2.16. The van der Waals surface area contributed by atoms with Crippen LogP contribution in [-0.4, -0.2) is 12.6 Å². The lowest BCUT2D eigenvalue weighted by Crippen LogP contribution is -2.18. The molecule has 0 aromatic heterocycles. The Morgan fingerprint density at radius 3 is 3.00 bits per heavy atom. The Bertz CT molecular complexity index is 129. The SMILES string of the molecule is C=C[C@@H]1CCOC(=O)C1. The summed E-state index contributed by atoms with van der Waals surface area (Å²) in [5, 5.41) is 0. The molecule has 1 rings (SSSR count). The normalized spacial score (nSPS) is 27.1. The van der Waals surface area contributed by atoms with Gasteiger partial charge in [-0.1, -0.05) is 6.08 Å². The van der Waals surface area contributed by atoms with Crippen LogP contribution in [0.25, 0.3) is 0 Å². The van der Waals surface area contributed by atoms with Crippen LogP contribution in [-0.2, 0) is 9.53 Å². The van der Waals surface area contributed by atoms with Gasteiger partial charge in [0.15, 0.2) is 0 Å². The van der Waals surface area contributed by atoms with Gasteiger partial charge in [0.1, 0.15) is 0 Å². The number of cyclic esters (lactones) is 1. The van der Waals surface area contributed by atoms with Crippen molar-refractivity contribution < 1.29 is 9.53 Å². The lowest BCUT2D eigenvalue weighted by atomic mass is 10.0. The molecule has 0 saturated carbocycles. The maximum Gasteiger partial charge on any atom is 0.306 e. The highest BCUT2D eigenvalue weighted by atomic mass is 16.5. The van der Waals surface area contributed by atoms with Crippen LogP contribution < -0.4 is 0 Å². The second kappa shape index (κ2) is 2.67. The number of carbonyl (C=O) groups is 1. The molecule has 0 N–H and O–H groups in total. The molecule has 50 valence electrons. The maximum atomic E-state index is 10.6. The molecule has 0 aromatic rings. The molecule has 1 aliphatic rings. The number of ether oxygens (including phenoxy) is 1. The van der Waals surface area contributed by atoms with E-state index in [0.29, 0.717) is 18.9 Å². The topological polar surface area (TPSA) is 26.3 Å². The molecule has 0 radical (unpaired) electrons. The van der Waals surface area contributed by atoms with Crippen molar-refractivity contribution in [3.63, 3.8) is 0 Å². The molecule has 1 atom stereocenters. The van der Waals surface area contributed by atoms with E-state index in [1.165, 1.54) is 0 Å². The minimum absolute atomic E-state index is 0.0915. The first-order valence-corrected chi connectivity index (χ1v) is 3.11. The Hall–Kier alpha value is -0.790. The van der Waals surface area contributed by atoms with E-state index in [1.807, 2.05) is 6.08 Å². The second-order valence-electron chi connectivity index (χ2n) is 2.21. The molecule has 0 bridgehead atoms. The fourth-order valence-corrected chi connectivity index (χ4v) is 0.900. The van der Waals surface area contributed by atoms with E-state index in [-0.39, 0.29) is 5.97 Å². The summed E-state index contributed by atoms with van der Waals surface area (Å²) in [6.07, 6.45) is 3.28. The maximum absolute atomic E-state index is 10.6. The van der Waals surface area contributed by atoms with E-state index >= 15 is 0 Å². The van der Waals surface area contributed by atoms with Gasteiger partial charge in [-0.15, -0.1) is 6.58 Å². The van der Waals surface area contributed by atoms with Crippen molar-refractivity contribution in [1.29, 1.82) is 0 Å². The Kier molecular flexibility index (Phi) is 1.88. The largest absolute Gasteiger partial charge is 0.466 e. The van der Waals surface area contributed by atoms with Gasteiger partial charge in [0.25, 0.3) is 0 Å². The van der Waals surface area contributed by atoms with Crippen molar-refractivity contribution in [2.24, 2.45) is 5.92 Å². The molecular weight excluding hydrogens is 116 g/mol. The summed E-state index contributed by atoms with van der Waals surface area (Å²) in [6, 6.07) is 0. The fraction of sp³-hybridized carbons (Fsp3) is 0.571. The van der Waals surface area contributed by atoms with Crippen LogP contribution in [0.15, 0.2) is 12.7 Å². The Labute approximate surface area is 54.5 Å². The van der Waals surface area contributed by atoms with E-state index in [9.17, 15) is 4.79 Å². The zero-order valence-corrected chi connectivity index (χ0v) is 5.30. The van der Waals surface area contributed by atoms with Gasteiger partial charge >= 0.3 is 5.97 Å². The van der Waals surface area contributed by atoms with E-state index in [1.54, 1.807) is 0 Å². The summed E-state index contributed by atoms with van der Waals surface area (Å²) < 4.78 is 4.72. The standard InChI is InChI=1S/C7H10O2/c1-2-6-3-4-9-7(8)5-6/h2,6H,1,3-5H2/t6-/m1/s1. The van der Waals surface area contributed by atoms with Crippen molar-refractivity contribution in [2.45, 2.75) is 12.8 Å². The van der Waals surface area contributed by atoms with E-state index in [4.69, 9.17) is 4.74 Å². The van der Waals surface area contributed by atoms with Crippen LogP contribution in [0.2, 0.25) is 0 Å². The van der Waals surface area contributed by atoms with Gasteiger partial charge in [-0.3, -0.25) is 4.79 Å². The number of allylic oxidation sites excluding steroid dienone is 1. The Morgan fingerprint density at radius 2 is 2.56 bits per heavy atom. The lowest BCUT2D eigenvalue weighted by molar-refractivity contribution is -0.148. The average molecular weight is 126 g/mol. The molecule has 0 aromatic carbocycles. The van der Waals surface area contributed by atoms with E-state index < -0.39 is 0 Å². The van der Waals surface area contributed by atoms with Crippen molar-refractivity contribution in [2.75, 3.05) is 6.61 Å². The third kappa shape index (κ3) is 1.56. The number of rotatable bonds is 1. The molecule has 0 aliphatic carbocycles. The molecule has 2 heteroatoms. The summed E-state index contributed by atoms with van der Waals surface area (Å²) in [5.41, 5.74) is 0. The molecule has 1 saturated heterocycles. The number of esters is 1. The predicted octanol–water partition coefficient (Wildman–Crippen LogP) is 1.13. The van der Waals surface area contributed by atoms with Crippen LogP contribution in [0.3, 0.4) is 0 Å². The van der Waals surface area contributed by atoms with Gasteiger partial charge in [-0.25, -0.2) is 0 Å². The summed E-state index contributed by atoms with van der Waals surface area (Å²) >= 11 is 0. The van der Waals surface area contributed by atoms with E-state index in [2.05, 4.69) is 6.58 Å². The van der Waals surface area contributed by atoms with Crippen molar-refractivity contribution in [1.82, 2.24) is 0 Å². The highest BCUT2D eigenvalue weighted by Crippen LogP contribution is 2.15. The molecule has 1 heterocycles. The van der Waals surface area contributed by atoms with Crippen LogP contribution in [0.5, 0.6) is 0 Å². The third-order valence-corrected chi connectivity index (χ3v) is 1.51. The number of hydrogen-bond acceptors (Lipinski definition) is 2. The van der Waals surface area contributed by atoms with Crippen LogP contribution in [0.1, 0.15) is 12.8 Å². The quantitative estimate of drug-likeness (QED) is 0.389. The summed E-state index contributed by atoms with van der Waals surface area (Å²) in [6.45, 7) is 4.18. The first kappa shape index (κ1) is 6.33. The molecular formula is C7H10O2. The zero-order chi connectivity index (χ0) is 6.69. The highest BCUT2D eigenvalue weighted by molar-refractivity contribution is 5.70. The average Bonchev–Trinajstić information content (AvgIpc) is 1.88. The molecule has 0 unspecified atom stereocenters. The number of carbonyl (C=O) groups excluding carboxylic acids is 1. The Morgan fingerprint density at radius 1 is 1.78 bits per heavy atom. The smallest absolute Gasteiger partial charge is 0.306 e. The zero-order valence-electron chi connectivity index (χ0n) is 5.30. The molecule has 1 aliphatic heterocycles. The predicted molar refractivity (Wildman–Crippen MR) is 33.9 cm³/mol. The fourth-order valence-electron chi connectivity index (χ4n) is 0.900.